The van der Waals surface area contributed by atoms with Gasteiger partial charge in [-0.1, -0.05) is 18.2 Å². The fourth-order valence-corrected chi connectivity index (χ4v) is 2.76. The Morgan fingerprint density at radius 2 is 1.54 bits per heavy atom. The van der Waals surface area contributed by atoms with Crippen LogP contribution >= 0.6 is 0 Å². The van der Waals surface area contributed by atoms with Crippen LogP contribution in [0.3, 0.4) is 0 Å². The number of fused-ring (bicyclic) bond motifs is 3. The number of rotatable bonds is 3. The quantitative estimate of drug-likeness (QED) is 0.494. The zero-order valence-electron chi connectivity index (χ0n) is 12.4. The van der Waals surface area contributed by atoms with Crippen molar-refractivity contribution in [3.05, 3.63) is 77.6 Å². The minimum absolute atomic E-state index is 0.156. The van der Waals surface area contributed by atoms with Crippen LogP contribution in [0.1, 0.15) is 5.56 Å². The minimum Gasteiger partial charge on any atom is -0.456 e. The molecule has 0 saturated carbocycles. The fraction of sp³-hybridized carbons (Fsp3) is 0.0526. The second-order valence-corrected chi connectivity index (χ2v) is 5.48. The van der Waals surface area contributed by atoms with E-state index in [4.69, 9.17) is 4.42 Å². The molecule has 0 amide bonds. The van der Waals surface area contributed by atoms with Crippen molar-refractivity contribution in [3.8, 4) is 0 Å². The van der Waals surface area contributed by atoms with E-state index in [1.165, 1.54) is 0 Å². The highest BCUT2D eigenvalue weighted by molar-refractivity contribution is 6.05. The van der Waals surface area contributed by atoms with E-state index in [1.807, 2.05) is 30.3 Å². The highest BCUT2D eigenvalue weighted by atomic mass is 19.2. The second-order valence-electron chi connectivity index (χ2n) is 5.48. The topological polar surface area (TPSA) is 25.2 Å². The Hall–Kier alpha value is -2.95. The number of benzene rings is 3. The molecule has 24 heavy (non-hydrogen) atoms. The summed E-state index contributed by atoms with van der Waals surface area (Å²) in [7, 11) is 0. The van der Waals surface area contributed by atoms with Crippen molar-refractivity contribution in [1.82, 2.24) is 0 Å². The predicted octanol–water partition coefficient (Wildman–Crippen LogP) is 5.62. The number of halogens is 3. The molecule has 0 unspecified atom stereocenters. The smallest absolute Gasteiger partial charge is 0.166 e. The van der Waals surface area contributed by atoms with E-state index >= 15 is 0 Å². The molecular formula is C19H12F3NO. The molecule has 1 heterocycles. The van der Waals surface area contributed by atoms with E-state index < -0.39 is 17.5 Å². The average molecular weight is 327 g/mol. The molecule has 0 atom stereocenters. The lowest BCUT2D eigenvalue weighted by molar-refractivity contribution is 0.482. The molecule has 4 aromatic rings. The van der Waals surface area contributed by atoms with Crippen LogP contribution in [0.25, 0.3) is 21.9 Å². The monoisotopic (exact) mass is 327 g/mol. The van der Waals surface area contributed by atoms with Crippen LogP contribution in [0, 0.1) is 17.5 Å². The Kier molecular flexibility index (Phi) is 3.41. The van der Waals surface area contributed by atoms with E-state index in [0.717, 1.165) is 34.1 Å². The summed E-state index contributed by atoms with van der Waals surface area (Å²) in [5.74, 6) is -3.02. The number of para-hydroxylation sites is 1. The summed E-state index contributed by atoms with van der Waals surface area (Å²) < 4.78 is 46.4. The van der Waals surface area contributed by atoms with Crippen molar-refractivity contribution < 1.29 is 17.6 Å². The SMILES string of the molecule is Fc1ccc(F)c(CNc2ccc3oc4ccccc4c3c2)c1F. The first kappa shape index (κ1) is 14.6. The molecule has 0 aliphatic rings. The Balaban J connectivity index is 1.68. The van der Waals surface area contributed by atoms with Gasteiger partial charge in [-0.2, -0.15) is 0 Å². The van der Waals surface area contributed by atoms with Crippen LogP contribution in [-0.4, -0.2) is 0 Å². The lowest BCUT2D eigenvalue weighted by Crippen LogP contribution is -2.06. The van der Waals surface area contributed by atoms with Gasteiger partial charge in [0.1, 0.15) is 17.0 Å². The molecule has 1 N–H and O–H groups in total. The molecule has 0 radical (unpaired) electrons. The summed E-state index contributed by atoms with van der Waals surface area (Å²) in [6, 6.07) is 14.7. The van der Waals surface area contributed by atoms with Gasteiger partial charge >= 0.3 is 0 Å². The van der Waals surface area contributed by atoms with Crippen molar-refractivity contribution >= 4 is 27.6 Å². The number of furan rings is 1. The third-order valence-corrected chi connectivity index (χ3v) is 3.98. The Bertz CT molecular complexity index is 1060. The Labute approximate surface area is 135 Å². The van der Waals surface area contributed by atoms with Gasteiger partial charge in [0.15, 0.2) is 11.6 Å². The van der Waals surface area contributed by atoms with Crippen LogP contribution in [0.15, 0.2) is 59.0 Å². The number of hydrogen-bond acceptors (Lipinski definition) is 2. The molecular weight excluding hydrogens is 315 g/mol. The van der Waals surface area contributed by atoms with E-state index in [-0.39, 0.29) is 12.1 Å². The average Bonchev–Trinajstić information content (AvgIpc) is 2.96. The largest absolute Gasteiger partial charge is 0.456 e. The fourth-order valence-electron chi connectivity index (χ4n) is 2.76. The zero-order chi connectivity index (χ0) is 16.7. The van der Waals surface area contributed by atoms with Crippen LogP contribution in [0.5, 0.6) is 0 Å². The third-order valence-electron chi connectivity index (χ3n) is 3.98. The van der Waals surface area contributed by atoms with Gasteiger partial charge in [0.05, 0.1) is 0 Å². The lowest BCUT2D eigenvalue weighted by atomic mass is 10.1. The van der Waals surface area contributed by atoms with Gasteiger partial charge < -0.3 is 9.73 Å². The molecule has 0 spiro atoms. The normalized spacial score (nSPS) is 11.3. The highest BCUT2D eigenvalue weighted by Gasteiger charge is 2.14. The maximum Gasteiger partial charge on any atom is 0.166 e. The first-order valence-corrected chi connectivity index (χ1v) is 7.41. The number of hydrogen-bond donors (Lipinski definition) is 1. The molecule has 0 aliphatic heterocycles. The van der Waals surface area contributed by atoms with Crippen molar-refractivity contribution in [3.63, 3.8) is 0 Å². The molecule has 5 heteroatoms. The van der Waals surface area contributed by atoms with E-state index in [1.54, 1.807) is 12.1 Å². The summed E-state index contributed by atoms with van der Waals surface area (Å²) in [5, 5.41) is 4.78. The molecule has 0 fully saturated rings. The van der Waals surface area contributed by atoms with Crippen molar-refractivity contribution in [2.75, 3.05) is 5.32 Å². The Morgan fingerprint density at radius 1 is 0.792 bits per heavy atom. The summed E-state index contributed by atoms with van der Waals surface area (Å²) >= 11 is 0. The van der Waals surface area contributed by atoms with Crippen molar-refractivity contribution in [2.24, 2.45) is 0 Å². The van der Waals surface area contributed by atoms with Gasteiger partial charge in [0.2, 0.25) is 0 Å². The molecule has 1 aromatic heterocycles. The zero-order valence-corrected chi connectivity index (χ0v) is 12.4. The van der Waals surface area contributed by atoms with Crippen LogP contribution in [0.2, 0.25) is 0 Å². The first-order chi connectivity index (χ1) is 11.6. The Morgan fingerprint density at radius 3 is 2.42 bits per heavy atom. The summed E-state index contributed by atoms with van der Waals surface area (Å²) in [6.07, 6.45) is 0. The summed E-state index contributed by atoms with van der Waals surface area (Å²) in [6.45, 7) is -0.156. The lowest BCUT2D eigenvalue weighted by Gasteiger charge is -2.09. The molecule has 0 bridgehead atoms. The predicted molar refractivity (Wildman–Crippen MR) is 87.4 cm³/mol. The van der Waals surface area contributed by atoms with E-state index in [2.05, 4.69) is 5.32 Å². The summed E-state index contributed by atoms with van der Waals surface area (Å²) in [4.78, 5) is 0. The van der Waals surface area contributed by atoms with Crippen molar-refractivity contribution in [1.29, 1.82) is 0 Å². The van der Waals surface area contributed by atoms with Crippen LogP contribution in [0.4, 0.5) is 18.9 Å². The molecule has 120 valence electrons. The standard InChI is InChI=1S/C19H12F3NO/c20-15-6-7-16(21)19(22)14(15)10-23-11-5-8-18-13(9-11)12-3-1-2-4-17(12)24-18/h1-9,23H,10H2. The maximum absolute atomic E-state index is 13.7. The van der Waals surface area contributed by atoms with Gasteiger partial charge in [0.25, 0.3) is 0 Å². The highest BCUT2D eigenvalue weighted by Crippen LogP contribution is 2.30. The maximum atomic E-state index is 13.7. The molecule has 4 rings (SSSR count). The van der Waals surface area contributed by atoms with Gasteiger partial charge in [-0.05, 0) is 36.4 Å². The first-order valence-electron chi connectivity index (χ1n) is 7.41. The molecule has 2 nitrogen and oxygen atoms in total. The summed E-state index contributed by atoms with van der Waals surface area (Å²) in [5.41, 5.74) is 1.83. The van der Waals surface area contributed by atoms with Gasteiger partial charge in [0, 0.05) is 28.6 Å². The molecule has 0 aliphatic carbocycles. The van der Waals surface area contributed by atoms with Gasteiger partial charge in [-0.15, -0.1) is 0 Å². The second kappa shape index (κ2) is 5.60. The van der Waals surface area contributed by atoms with Gasteiger partial charge in [-0.3, -0.25) is 0 Å². The van der Waals surface area contributed by atoms with E-state index in [0.29, 0.717) is 5.69 Å². The van der Waals surface area contributed by atoms with Crippen LogP contribution in [-0.2, 0) is 6.54 Å². The number of anilines is 1. The molecule has 0 saturated heterocycles. The van der Waals surface area contributed by atoms with Crippen LogP contribution < -0.4 is 5.32 Å². The minimum atomic E-state index is -1.17. The van der Waals surface area contributed by atoms with Crippen molar-refractivity contribution in [2.45, 2.75) is 6.54 Å². The molecule has 3 aromatic carbocycles. The number of nitrogens with one attached hydrogen (secondary N) is 1. The van der Waals surface area contributed by atoms with Gasteiger partial charge in [-0.25, -0.2) is 13.2 Å². The third kappa shape index (κ3) is 2.38. The van der Waals surface area contributed by atoms with E-state index in [9.17, 15) is 13.2 Å².